The first-order valence-corrected chi connectivity index (χ1v) is 10.9. The summed E-state index contributed by atoms with van der Waals surface area (Å²) in [6.45, 7) is 7.66. The molecule has 1 rings (SSSR count). The van der Waals surface area contributed by atoms with Crippen molar-refractivity contribution in [2.45, 2.75) is 44.9 Å². The first-order valence-electron chi connectivity index (χ1n) is 7.44. The van der Waals surface area contributed by atoms with E-state index in [1.165, 1.54) is 0 Å². The van der Waals surface area contributed by atoms with Gasteiger partial charge in [0.1, 0.15) is 0 Å². The third-order valence-corrected chi connectivity index (χ3v) is 7.83. The number of hydrogen-bond acceptors (Lipinski definition) is 5. The number of aliphatic imine (C=N–C) groups is 1. The van der Waals surface area contributed by atoms with Gasteiger partial charge in [-0.25, -0.2) is 16.8 Å². The fourth-order valence-corrected chi connectivity index (χ4v) is 4.62. The molecule has 0 bridgehead atoms. The summed E-state index contributed by atoms with van der Waals surface area (Å²) in [5.41, 5.74) is 0. The van der Waals surface area contributed by atoms with E-state index in [4.69, 9.17) is 0 Å². The van der Waals surface area contributed by atoms with Crippen LogP contribution in [0.25, 0.3) is 0 Å². The zero-order valence-electron chi connectivity index (χ0n) is 14.1. The average molecular weight is 481 g/mol. The molecule has 1 atom stereocenters. The van der Waals surface area contributed by atoms with Crippen LogP contribution in [0.1, 0.15) is 34.1 Å². The van der Waals surface area contributed by atoms with E-state index in [0.717, 1.165) is 0 Å². The van der Waals surface area contributed by atoms with E-state index < -0.39 is 24.4 Å². The van der Waals surface area contributed by atoms with Crippen LogP contribution in [0.5, 0.6) is 0 Å². The predicted octanol–water partition coefficient (Wildman–Crippen LogP) is 0.560. The Bertz CT molecular complexity index is 610. The van der Waals surface area contributed by atoms with Gasteiger partial charge in [-0.3, -0.25) is 4.99 Å². The van der Waals surface area contributed by atoms with Crippen molar-refractivity contribution in [3.8, 4) is 0 Å². The summed E-state index contributed by atoms with van der Waals surface area (Å²) in [4.78, 5) is 4.24. The van der Waals surface area contributed by atoms with Gasteiger partial charge in [0.2, 0.25) is 0 Å². The number of halogens is 1. The van der Waals surface area contributed by atoms with E-state index in [1.807, 2.05) is 6.92 Å². The molecule has 0 spiro atoms. The van der Waals surface area contributed by atoms with Crippen LogP contribution in [-0.2, 0) is 19.7 Å². The van der Waals surface area contributed by atoms with Crippen molar-refractivity contribution in [2.75, 3.05) is 30.3 Å². The monoisotopic (exact) mass is 481 g/mol. The summed E-state index contributed by atoms with van der Waals surface area (Å²) in [6.07, 6.45) is 0.549. The van der Waals surface area contributed by atoms with Crippen LogP contribution in [-0.4, -0.2) is 63.9 Å². The van der Waals surface area contributed by atoms with E-state index in [1.54, 1.807) is 20.8 Å². The highest BCUT2D eigenvalue weighted by Crippen LogP contribution is 2.15. The van der Waals surface area contributed by atoms with Crippen LogP contribution in [0.4, 0.5) is 0 Å². The van der Waals surface area contributed by atoms with Crippen LogP contribution < -0.4 is 10.6 Å². The number of rotatable bonds is 5. The van der Waals surface area contributed by atoms with E-state index in [-0.39, 0.29) is 53.8 Å². The highest BCUT2D eigenvalue weighted by atomic mass is 127. The second-order valence-electron chi connectivity index (χ2n) is 6.44. The van der Waals surface area contributed by atoms with E-state index >= 15 is 0 Å². The second-order valence-corrected chi connectivity index (χ2v) is 11.5. The van der Waals surface area contributed by atoms with E-state index in [0.29, 0.717) is 18.9 Å². The predicted molar refractivity (Wildman–Crippen MR) is 105 cm³/mol. The van der Waals surface area contributed by atoms with Crippen molar-refractivity contribution >= 4 is 49.6 Å². The molecule has 1 unspecified atom stereocenters. The van der Waals surface area contributed by atoms with Crippen molar-refractivity contribution in [1.82, 2.24) is 10.6 Å². The van der Waals surface area contributed by atoms with Crippen LogP contribution in [0.15, 0.2) is 4.99 Å². The first kappa shape index (κ1) is 22.9. The Morgan fingerprint density at radius 1 is 1.30 bits per heavy atom. The lowest BCUT2D eigenvalue weighted by Gasteiger charge is -2.19. The normalized spacial score (nSPS) is 21.6. The molecule has 138 valence electrons. The summed E-state index contributed by atoms with van der Waals surface area (Å²) in [5.74, 6) is 0.713. The van der Waals surface area contributed by atoms with Crippen molar-refractivity contribution in [3.05, 3.63) is 0 Å². The molecule has 0 aromatic rings. The third-order valence-electron chi connectivity index (χ3n) is 3.48. The summed E-state index contributed by atoms with van der Waals surface area (Å²) >= 11 is 0. The lowest BCUT2D eigenvalue weighted by molar-refractivity contribution is 0.560. The Morgan fingerprint density at radius 2 is 1.91 bits per heavy atom. The van der Waals surface area contributed by atoms with Crippen molar-refractivity contribution < 1.29 is 16.8 Å². The van der Waals surface area contributed by atoms with E-state index in [2.05, 4.69) is 15.6 Å². The fraction of sp³-hybridized carbons (Fsp3) is 0.923. The fourth-order valence-electron chi connectivity index (χ4n) is 2.01. The summed E-state index contributed by atoms with van der Waals surface area (Å²) in [5, 5.41) is 6.07. The number of hydrogen-bond donors (Lipinski definition) is 2. The number of nitrogens with one attached hydrogen (secondary N) is 2. The van der Waals surface area contributed by atoms with Gasteiger partial charge in [-0.15, -0.1) is 24.0 Å². The molecule has 1 fully saturated rings. The first-order chi connectivity index (χ1) is 9.97. The molecule has 1 heterocycles. The number of nitrogens with zero attached hydrogens (tertiary/aromatic N) is 1. The molecular formula is C13H28IN3O4S2. The largest absolute Gasteiger partial charge is 0.357 e. The third kappa shape index (κ3) is 7.55. The molecule has 2 N–H and O–H groups in total. The standard InChI is InChI=1S/C13H27N3O4S2.HI/c1-5-14-12(16-11-6-8-21(17,18)10-11)15-7-9-22(19,20)13(2,3)4;/h11H,5-10H2,1-4H3,(H2,14,15,16);1H. The quantitative estimate of drug-likeness (QED) is 0.338. The lowest BCUT2D eigenvalue weighted by atomic mass is 10.3. The molecule has 0 saturated carbocycles. The van der Waals surface area contributed by atoms with Gasteiger partial charge in [0, 0.05) is 12.6 Å². The van der Waals surface area contributed by atoms with Gasteiger partial charge < -0.3 is 10.6 Å². The molecule has 0 aromatic heterocycles. The maximum absolute atomic E-state index is 12.0. The molecule has 1 aliphatic heterocycles. The molecule has 0 radical (unpaired) electrons. The smallest absolute Gasteiger partial charge is 0.191 e. The Morgan fingerprint density at radius 3 is 2.35 bits per heavy atom. The van der Waals surface area contributed by atoms with Gasteiger partial charge >= 0.3 is 0 Å². The summed E-state index contributed by atoms with van der Waals surface area (Å²) in [6, 6.07) is -0.165. The molecule has 10 heteroatoms. The average Bonchev–Trinajstić information content (AvgIpc) is 2.67. The summed E-state index contributed by atoms with van der Waals surface area (Å²) < 4.78 is 46.2. The number of guanidine groups is 1. The van der Waals surface area contributed by atoms with Crippen LogP contribution in [0, 0.1) is 0 Å². The maximum atomic E-state index is 12.0. The zero-order chi connectivity index (χ0) is 17.0. The Labute approximate surface area is 157 Å². The zero-order valence-corrected chi connectivity index (χ0v) is 18.1. The van der Waals surface area contributed by atoms with Crippen molar-refractivity contribution in [2.24, 2.45) is 4.99 Å². The Hall–Kier alpha value is -0.100. The second kappa shape index (κ2) is 8.84. The maximum Gasteiger partial charge on any atom is 0.191 e. The minimum Gasteiger partial charge on any atom is -0.357 e. The molecule has 0 aliphatic carbocycles. The van der Waals surface area contributed by atoms with E-state index in [9.17, 15) is 16.8 Å². The highest BCUT2D eigenvalue weighted by Gasteiger charge is 2.29. The van der Waals surface area contributed by atoms with Gasteiger partial charge in [0.25, 0.3) is 0 Å². The number of sulfone groups is 2. The molecule has 1 saturated heterocycles. The van der Waals surface area contributed by atoms with Gasteiger partial charge in [0.15, 0.2) is 25.6 Å². The molecule has 23 heavy (non-hydrogen) atoms. The minimum atomic E-state index is -3.21. The van der Waals surface area contributed by atoms with Crippen molar-refractivity contribution in [3.63, 3.8) is 0 Å². The van der Waals surface area contributed by atoms with Gasteiger partial charge in [-0.2, -0.15) is 0 Å². The molecule has 1 aliphatic rings. The Kier molecular flexibility index (Phi) is 8.80. The molecule has 7 nitrogen and oxygen atoms in total. The van der Waals surface area contributed by atoms with Gasteiger partial charge in [-0.05, 0) is 34.1 Å². The SMILES string of the molecule is CCNC(=NCCS(=O)(=O)C(C)(C)C)NC1CCS(=O)(=O)C1.I. The lowest BCUT2D eigenvalue weighted by Crippen LogP contribution is -2.44. The van der Waals surface area contributed by atoms with Crippen LogP contribution in [0.2, 0.25) is 0 Å². The topological polar surface area (TPSA) is 105 Å². The minimum absolute atomic E-state index is 0. The van der Waals surface area contributed by atoms with Gasteiger partial charge in [-0.1, -0.05) is 0 Å². The molecule has 0 aromatic carbocycles. The van der Waals surface area contributed by atoms with Crippen LogP contribution in [0.3, 0.4) is 0 Å². The summed E-state index contributed by atoms with van der Waals surface area (Å²) in [7, 11) is -6.17. The Balaban J connectivity index is 0.00000484. The van der Waals surface area contributed by atoms with Crippen molar-refractivity contribution in [1.29, 1.82) is 0 Å². The van der Waals surface area contributed by atoms with Gasteiger partial charge in [0.05, 0.1) is 28.6 Å². The molecule has 0 amide bonds. The van der Waals surface area contributed by atoms with Crippen LogP contribution >= 0.6 is 24.0 Å². The molecular weight excluding hydrogens is 453 g/mol. The highest BCUT2D eigenvalue weighted by molar-refractivity contribution is 14.0.